The van der Waals surface area contributed by atoms with Gasteiger partial charge >= 0.3 is 0 Å². The molecule has 1 heterocycles. The quantitative estimate of drug-likeness (QED) is 0.169. The van der Waals surface area contributed by atoms with Crippen molar-refractivity contribution in [3.05, 3.63) is 198 Å². The van der Waals surface area contributed by atoms with Crippen molar-refractivity contribution in [1.29, 1.82) is 0 Å². The lowest BCUT2D eigenvalue weighted by Crippen LogP contribution is -2.14. The van der Waals surface area contributed by atoms with Crippen molar-refractivity contribution in [3.63, 3.8) is 0 Å². The van der Waals surface area contributed by atoms with Crippen LogP contribution in [-0.2, 0) is 10.8 Å². The monoisotopic (exact) mass is 749 g/mol. The maximum Gasteiger partial charge on any atom is 0.0643 e. The molecule has 0 N–H and O–H groups in total. The van der Waals surface area contributed by atoms with Gasteiger partial charge in [0.15, 0.2) is 0 Å². The fraction of sp³-hybridized carbons (Fsp3) is 0.127. The van der Waals surface area contributed by atoms with E-state index < -0.39 is 0 Å². The van der Waals surface area contributed by atoms with Gasteiger partial charge < -0.3 is 4.90 Å². The second-order valence-electron chi connectivity index (χ2n) is 17.0. The molecule has 9 aromatic rings. The van der Waals surface area contributed by atoms with E-state index in [0.717, 1.165) is 11.4 Å². The van der Waals surface area contributed by atoms with Crippen molar-refractivity contribution < 1.29 is 0 Å². The maximum absolute atomic E-state index is 2.48. The van der Waals surface area contributed by atoms with E-state index in [9.17, 15) is 0 Å². The molecule has 0 radical (unpaired) electrons. The summed E-state index contributed by atoms with van der Waals surface area (Å²) in [7, 11) is 0. The maximum atomic E-state index is 2.48. The van der Waals surface area contributed by atoms with E-state index in [0.29, 0.717) is 0 Å². The van der Waals surface area contributed by atoms with Crippen LogP contribution in [0.5, 0.6) is 0 Å². The molecule has 0 atom stereocenters. The molecular weight excluding hydrogens is 707 g/mol. The van der Waals surface area contributed by atoms with Crippen LogP contribution in [0.15, 0.2) is 170 Å². The third-order valence-corrected chi connectivity index (χ3v) is 14.2. The van der Waals surface area contributed by atoms with Crippen LogP contribution in [0.4, 0.5) is 17.1 Å². The van der Waals surface area contributed by atoms with Gasteiger partial charge in [0.25, 0.3) is 0 Å². The summed E-state index contributed by atoms with van der Waals surface area (Å²) in [5, 5.41) is 2.65. The van der Waals surface area contributed by atoms with Gasteiger partial charge in [0.05, 0.1) is 10.4 Å². The molecule has 0 unspecified atom stereocenters. The van der Waals surface area contributed by atoms with Crippen molar-refractivity contribution in [2.45, 2.75) is 45.4 Å². The number of hydrogen-bond donors (Lipinski definition) is 0. The largest absolute Gasteiger partial charge is 0.309 e. The molecule has 0 bridgehead atoms. The van der Waals surface area contributed by atoms with Gasteiger partial charge in [0.1, 0.15) is 0 Å². The van der Waals surface area contributed by atoms with E-state index in [1.807, 2.05) is 11.3 Å². The Kier molecular flexibility index (Phi) is 7.40. The summed E-state index contributed by atoms with van der Waals surface area (Å²) in [6, 6.07) is 63.5. The fourth-order valence-corrected chi connectivity index (χ4v) is 11.3. The molecule has 1 aromatic heterocycles. The minimum atomic E-state index is -0.0398. The predicted octanol–water partition coefficient (Wildman–Crippen LogP) is 15.8. The molecule has 0 fully saturated rings. The SMILES string of the molecule is Cc1cc(N(c2ccc(-c3ccccc3)cc2)c2ccc(-c3ccc4c(c3)C(C)(C)c3ccccc3-4)cc2)c2sc3c4c(ccc3c2c1)C(C)(C)c1ccccc1-4. The first-order valence-corrected chi connectivity index (χ1v) is 20.9. The third kappa shape index (κ3) is 5.07. The second-order valence-corrected chi connectivity index (χ2v) is 18.0. The van der Waals surface area contributed by atoms with E-state index in [-0.39, 0.29) is 10.8 Å². The van der Waals surface area contributed by atoms with Gasteiger partial charge in [0.2, 0.25) is 0 Å². The molecule has 0 saturated heterocycles. The van der Waals surface area contributed by atoms with Gasteiger partial charge in [0, 0.05) is 43.2 Å². The Balaban J connectivity index is 1.08. The number of thiophene rings is 1. The van der Waals surface area contributed by atoms with E-state index in [4.69, 9.17) is 0 Å². The Bertz CT molecular complexity index is 3050. The molecule has 0 amide bonds. The summed E-state index contributed by atoms with van der Waals surface area (Å²) in [4.78, 5) is 2.48. The number of hydrogen-bond acceptors (Lipinski definition) is 2. The number of anilines is 3. The predicted molar refractivity (Wildman–Crippen MR) is 245 cm³/mol. The lowest BCUT2D eigenvalue weighted by molar-refractivity contribution is 0.660. The Labute approximate surface area is 339 Å². The van der Waals surface area contributed by atoms with Crippen LogP contribution in [0.1, 0.15) is 55.5 Å². The van der Waals surface area contributed by atoms with Crippen molar-refractivity contribution in [1.82, 2.24) is 0 Å². The van der Waals surface area contributed by atoms with Crippen LogP contribution in [0.25, 0.3) is 64.7 Å². The summed E-state index contributed by atoms with van der Waals surface area (Å²) in [5.41, 5.74) is 20.7. The first kappa shape index (κ1) is 34.1. The molecule has 2 aliphatic rings. The van der Waals surface area contributed by atoms with E-state index in [2.05, 4.69) is 209 Å². The number of fused-ring (bicyclic) bond motifs is 10. The molecular formula is C55H43NS. The van der Waals surface area contributed by atoms with Crippen LogP contribution in [0.3, 0.4) is 0 Å². The highest BCUT2D eigenvalue weighted by Crippen LogP contribution is 2.55. The van der Waals surface area contributed by atoms with E-state index in [1.54, 1.807) is 0 Å². The molecule has 2 aliphatic carbocycles. The average Bonchev–Trinajstić information content (AvgIpc) is 3.81. The van der Waals surface area contributed by atoms with Crippen LogP contribution >= 0.6 is 11.3 Å². The lowest BCUT2D eigenvalue weighted by Gasteiger charge is -2.27. The highest BCUT2D eigenvalue weighted by Gasteiger charge is 2.37. The first-order chi connectivity index (χ1) is 27.7. The highest BCUT2D eigenvalue weighted by atomic mass is 32.1. The Morgan fingerprint density at radius 1 is 0.404 bits per heavy atom. The lowest BCUT2D eigenvalue weighted by atomic mass is 9.81. The zero-order valence-electron chi connectivity index (χ0n) is 33.0. The van der Waals surface area contributed by atoms with E-state index in [1.165, 1.54) is 98.2 Å². The first-order valence-electron chi connectivity index (χ1n) is 20.1. The molecule has 274 valence electrons. The van der Waals surface area contributed by atoms with Gasteiger partial charge in [-0.25, -0.2) is 0 Å². The standard InChI is InChI=1S/C55H43NS/c1-34-31-45-43-29-30-48-51(44-16-10-12-18-47(44)54(48,2)3)53(43)57-52(45)50(32-34)56(39-24-19-36(20-25-39)35-13-7-6-8-14-35)40-26-21-37(22-27-40)38-23-28-42-41-15-9-11-17-46(41)55(4,5)49(42)33-38/h6-33H,1-5H3. The van der Waals surface area contributed by atoms with E-state index >= 15 is 0 Å². The Hall–Kier alpha value is -6.22. The van der Waals surface area contributed by atoms with Gasteiger partial charge in [-0.1, -0.05) is 155 Å². The minimum absolute atomic E-state index is 0.0384. The summed E-state index contributed by atoms with van der Waals surface area (Å²) < 4.78 is 2.69. The molecule has 8 aromatic carbocycles. The van der Waals surface area contributed by atoms with Gasteiger partial charge in [-0.3, -0.25) is 0 Å². The van der Waals surface area contributed by atoms with Crippen LogP contribution in [0, 0.1) is 6.92 Å². The fourth-order valence-electron chi connectivity index (χ4n) is 9.96. The second kappa shape index (κ2) is 12.4. The van der Waals surface area contributed by atoms with Gasteiger partial charge in [-0.2, -0.15) is 0 Å². The Morgan fingerprint density at radius 3 is 1.65 bits per heavy atom. The topological polar surface area (TPSA) is 3.24 Å². The third-order valence-electron chi connectivity index (χ3n) is 12.9. The van der Waals surface area contributed by atoms with Crippen LogP contribution in [-0.4, -0.2) is 0 Å². The molecule has 2 heteroatoms. The number of nitrogens with zero attached hydrogens (tertiary/aromatic N) is 1. The molecule has 0 spiro atoms. The molecule has 11 rings (SSSR count). The van der Waals surface area contributed by atoms with Crippen molar-refractivity contribution in [2.24, 2.45) is 0 Å². The summed E-state index contributed by atoms with van der Waals surface area (Å²) in [5.74, 6) is 0. The average molecular weight is 750 g/mol. The number of rotatable bonds is 5. The van der Waals surface area contributed by atoms with Gasteiger partial charge in [-0.15, -0.1) is 11.3 Å². The summed E-state index contributed by atoms with van der Waals surface area (Å²) in [6.45, 7) is 11.7. The normalized spacial score (nSPS) is 14.3. The molecule has 57 heavy (non-hydrogen) atoms. The molecule has 1 nitrogen and oxygen atoms in total. The smallest absolute Gasteiger partial charge is 0.0643 e. The number of aryl methyl sites for hydroxylation is 1. The molecule has 0 saturated carbocycles. The minimum Gasteiger partial charge on any atom is -0.309 e. The molecule has 0 aliphatic heterocycles. The zero-order chi connectivity index (χ0) is 38.6. The van der Waals surface area contributed by atoms with Crippen molar-refractivity contribution in [3.8, 4) is 44.5 Å². The van der Waals surface area contributed by atoms with Crippen LogP contribution < -0.4 is 4.90 Å². The summed E-state index contributed by atoms with van der Waals surface area (Å²) >= 11 is 1.95. The Morgan fingerprint density at radius 2 is 0.947 bits per heavy atom. The van der Waals surface area contributed by atoms with Crippen molar-refractivity contribution in [2.75, 3.05) is 4.90 Å². The van der Waals surface area contributed by atoms with Crippen LogP contribution in [0.2, 0.25) is 0 Å². The summed E-state index contributed by atoms with van der Waals surface area (Å²) in [6.07, 6.45) is 0. The number of benzene rings is 8. The zero-order valence-corrected chi connectivity index (χ0v) is 33.8. The van der Waals surface area contributed by atoms with Gasteiger partial charge in [-0.05, 0) is 116 Å². The highest BCUT2D eigenvalue weighted by molar-refractivity contribution is 7.27. The van der Waals surface area contributed by atoms with Crippen molar-refractivity contribution >= 4 is 48.6 Å².